The number of imide groups is 1. The molecule has 7 heteroatoms. The van der Waals surface area contributed by atoms with Gasteiger partial charge in [-0.2, -0.15) is 5.48 Å². The van der Waals surface area contributed by atoms with E-state index in [9.17, 15) is 19.5 Å². The van der Waals surface area contributed by atoms with Gasteiger partial charge in [0.05, 0.1) is 0 Å². The first-order valence-corrected chi connectivity index (χ1v) is 9.59. The molecule has 0 spiro atoms. The number of phenolic OH excluding ortho intramolecular Hbond substituents is 1. The van der Waals surface area contributed by atoms with E-state index in [1.54, 1.807) is 6.08 Å². The molecule has 0 unspecified atom stereocenters. The van der Waals surface area contributed by atoms with Gasteiger partial charge in [-0.05, 0) is 41.0 Å². The van der Waals surface area contributed by atoms with Crippen LogP contribution in [0.5, 0.6) is 5.75 Å². The molecule has 158 valence electrons. The van der Waals surface area contributed by atoms with Gasteiger partial charge in [-0.3, -0.25) is 14.5 Å². The highest BCUT2D eigenvalue weighted by atomic mass is 16.7. The van der Waals surface area contributed by atoms with Gasteiger partial charge in [0.2, 0.25) is 0 Å². The summed E-state index contributed by atoms with van der Waals surface area (Å²) in [6.07, 6.45) is 2.15. The Morgan fingerprint density at radius 2 is 1.62 bits per heavy atom. The molecule has 0 saturated carbocycles. The van der Waals surface area contributed by atoms with E-state index >= 15 is 0 Å². The maximum atomic E-state index is 12.6. The zero-order chi connectivity index (χ0) is 22.1. The number of carbonyl (C=O) groups is 3. The van der Waals surface area contributed by atoms with Crippen LogP contribution in [0.4, 0.5) is 4.79 Å². The van der Waals surface area contributed by atoms with Crippen LogP contribution in [0.25, 0.3) is 6.08 Å². The van der Waals surface area contributed by atoms with Gasteiger partial charge in [-0.25, -0.2) is 4.79 Å². The van der Waals surface area contributed by atoms with Crippen molar-refractivity contribution in [3.8, 4) is 5.75 Å². The van der Waals surface area contributed by atoms with Crippen molar-refractivity contribution in [1.82, 2.24) is 10.4 Å². The summed E-state index contributed by atoms with van der Waals surface area (Å²) in [4.78, 5) is 41.0. The van der Waals surface area contributed by atoms with Crippen molar-refractivity contribution in [2.45, 2.75) is 65.7 Å². The number of hydrogen-bond donors (Lipinski definition) is 2. The fourth-order valence-electron chi connectivity index (χ4n) is 3.20. The lowest BCUT2D eigenvalue weighted by Gasteiger charge is -2.28. The fraction of sp³-hybridized carbons (Fsp3) is 0.500. The Labute approximate surface area is 171 Å². The van der Waals surface area contributed by atoms with Crippen LogP contribution in [0.15, 0.2) is 17.7 Å². The number of hydroxylamine groups is 1. The van der Waals surface area contributed by atoms with Crippen molar-refractivity contribution >= 4 is 24.0 Å². The molecule has 1 aromatic carbocycles. The summed E-state index contributed by atoms with van der Waals surface area (Å²) in [5, 5.41) is 10.8. The Morgan fingerprint density at radius 3 is 2.07 bits per heavy atom. The highest BCUT2D eigenvalue weighted by Crippen LogP contribution is 2.40. The Kier molecular flexibility index (Phi) is 6.11. The van der Waals surface area contributed by atoms with E-state index in [1.165, 1.54) is 0 Å². The van der Waals surface area contributed by atoms with Gasteiger partial charge < -0.3 is 9.94 Å². The second kappa shape index (κ2) is 7.89. The van der Waals surface area contributed by atoms with Crippen molar-refractivity contribution < 1.29 is 24.3 Å². The predicted molar refractivity (Wildman–Crippen MR) is 110 cm³/mol. The molecule has 1 aliphatic heterocycles. The highest BCUT2D eigenvalue weighted by Gasteiger charge is 2.32. The summed E-state index contributed by atoms with van der Waals surface area (Å²) in [6, 6.07) is 2.99. The number of likely N-dealkylation sites (tertiary alicyclic amines) is 1. The molecule has 1 aliphatic rings. The van der Waals surface area contributed by atoms with Crippen LogP contribution >= 0.6 is 0 Å². The van der Waals surface area contributed by atoms with Crippen molar-refractivity contribution in [1.29, 1.82) is 0 Å². The maximum Gasteiger partial charge on any atom is 0.357 e. The number of nitrogens with zero attached hydrogens (tertiary/aromatic N) is 1. The molecule has 0 atom stereocenters. The molecule has 2 rings (SSSR count). The normalized spacial score (nSPS) is 16.3. The first kappa shape index (κ1) is 22.5. The monoisotopic (exact) mass is 402 g/mol. The van der Waals surface area contributed by atoms with Crippen LogP contribution in [-0.4, -0.2) is 34.5 Å². The summed E-state index contributed by atoms with van der Waals surface area (Å²) in [5.41, 5.74) is 4.26. The van der Waals surface area contributed by atoms with Crippen LogP contribution in [0.2, 0.25) is 0 Å². The van der Waals surface area contributed by atoms with Gasteiger partial charge >= 0.3 is 12.0 Å². The number of amides is 3. The molecule has 0 bridgehead atoms. The summed E-state index contributed by atoms with van der Waals surface area (Å²) >= 11 is 0. The molecule has 29 heavy (non-hydrogen) atoms. The molecule has 0 aliphatic carbocycles. The van der Waals surface area contributed by atoms with Crippen LogP contribution in [-0.2, 0) is 25.3 Å². The minimum atomic E-state index is -0.773. The number of hydrogen-bond acceptors (Lipinski definition) is 5. The molecular weight excluding hydrogens is 372 g/mol. The van der Waals surface area contributed by atoms with E-state index in [2.05, 4.69) is 4.84 Å². The van der Waals surface area contributed by atoms with E-state index in [1.807, 2.05) is 59.2 Å². The van der Waals surface area contributed by atoms with Gasteiger partial charge in [0.15, 0.2) is 0 Å². The smallest absolute Gasteiger partial charge is 0.357 e. The van der Waals surface area contributed by atoms with Crippen molar-refractivity contribution in [3.05, 3.63) is 34.4 Å². The van der Waals surface area contributed by atoms with Crippen LogP contribution in [0.3, 0.4) is 0 Å². The molecular formula is C22H30N2O5. The van der Waals surface area contributed by atoms with Crippen molar-refractivity contribution in [2.75, 3.05) is 6.54 Å². The Bertz CT molecular complexity index is 837. The molecule has 0 aromatic heterocycles. The largest absolute Gasteiger partial charge is 0.507 e. The molecule has 7 nitrogen and oxygen atoms in total. The van der Waals surface area contributed by atoms with Gasteiger partial charge in [0.1, 0.15) is 5.75 Å². The van der Waals surface area contributed by atoms with Crippen LogP contribution < -0.4 is 5.48 Å². The van der Waals surface area contributed by atoms with Crippen LogP contribution in [0, 0.1) is 0 Å². The Morgan fingerprint density at radius 1 is 1.10 bits per heavy atom. The number of urea groups is 1. The lowest BCUT2D eigenvalue weighted by molar-refractivity contribution is -0.146. The number of rotatable bonds is 1. The number of phenols is 1. The second-order valence-corrected chi connectivity index (χ2v) is 9.34. The first-order chi connectivity index (χ1) is 13.2. The van der Waals surface area contributed by atoms with Gasteiger partial charge in [-0.15, -0.1) is 0 Å². The zero-order valence-corrected chi connectivity index (χ0v) is 18.2. The number of nitrogens with one attached hydrogen (secondary N) is 1. The minimum absolute atomic E-state index is 0.202. The SMILES string of the molecule is CC(=O)ONC(=O)N1CCC(=Cc2cc(C(C)(C)C)c(O)c(C(C)(C)C)c2)C1=O. The molecule has 2 N–H and O–H groups in total. The first-order valence-electron chi connectivity index (χ1n) is 9.59. The van der Waals surface area contributed by atoms with Gasteiger partial charge in [0.25, 0.3) is 5.91 Å². The lowest BCUT2D eigenvalue weighted by atomic mass is 9.78. The minimum Gasteiger partial charge on any atom is -0.507 e. The fourth-order valence-corrected chi connectivity index (χ4v) is 3.20. The highest BCUT2D eigenvalue weighted by molar-refractivity contribution is 6.08. The van der Waals surface area contributed by atoms with Crippen LogP contribution in [0.1, 0.15) is 71.6 Å². The van der Waals surface area contributed by atoms with Crippen molar-refractivity contribution in [3.63, 3.8) is 0 Å². The molecule has 3 amide bonds. The average Bonchev–Trinajstić information content (AvgIpc) is 2.92. The number of aromatic hydroxyl groups is 1. The van der Waals surface area contributed by atoms with E-state index in [-0.39, 0.29) is 23.1 Å². The van der Waals surface area contributed by atoms with E-state index in [0.717, 1.165) is 28.5 Å². The predicted octanol–water partition coefficient (Wildman–Crippen LogP) is 3.79. The topological polar surface area (TPSA) is 95.9 Å². The standard InChI is InChI=1S/C22H30N2O5/c1-13(25)29-23-20(28)24-9-8-15(19(24)27)10-14-11-16(21(2,3)4)18(26)17(12-14)22(5,6)7/h10-12,26H,8-9H2,1-7H3,(H,23,28). The number of carbonyl (C=O) groups excluding carboxylic acids is 3. The molecule has 0 radical (unpaired) electrons. The average molecular weight is 402 g/mol. The Balaban J connectivity index is 2.40. The third-order valence-electron chi connectivity index (χ3n) is 4.74. The van der Waals surface area contributed by atoms with Gasteiger partial charge in [-0.1, -0.05) is 41.5 Å². The lowest BCUT2D eigenvalue weighted by Crippen LogP contribution is -2.41. The maximum absolute atomic E-state index is 12.6. The van der Waals surface area contributed by atoms with E-state index in [4.69, 9.17) is 0 Å². The molecule has 1 fully saturated rings. The number of benzene rings is 1. The molecule has 1 heterocycles. The third kappa shape index (κ3) is 5.16. The molecule has 1 saturated heterocycles. The molecule has 1 aromatic rings. The van der Waals surface area contributed by atoms with Crippen molar-refractivity contribution in [2.24, 2.45) is 0 Å². The summed E-state index contributed by atoms with van der Waals surface area (Å²) in [5.74, 6) is -0.834. The van der Waals surface area contributed by atoms with E-state index in [0.29, 0.717) is 12.0 Å². The summed E-state index contributed by atoms with van der Waals surface area (Å²) < 4.78 is 0. The zero-order valence-electron chi connectivity index (χ0n) is 18.2. The second-order valence-electron chi connectivity index (χ2n) is 9.34. The van der Waals surface area contributed by atoms with Gasteiger partial charge in [0, 0.05) is 30.2 Å². The third-order valence-corrected chi connectivity index (χ3v) is 4.74. The van der Waals surface area contributed by atoms with E-state index < -0.39 is 17.9 Å². The quantitative estimate of drug-likeness (QED) is 0.550. The summed E-state index contributed by atoms with van der Waals surface area (Å²) in [7, 11) is 0. The Hall–Kier alpha value is -2.83. The summed E-state index contributed by atoms with van der Waals surface area (Å²) in [6.45, 7) is 13.5.